The van der Waals surface area contributed by atoms with E-state index in [0.717, 1.165) is 24.2 Å². The fourth-order valence-electron chi connectivity index (χ4n) is 3.44. The van der Waals surface area contributed by atoms with Gasteiger partial charge in [0, 0.05) is 22.6 Å². The first-order valence-corrected chi connectivity index (χ1v) is 8.23. The van der Waals surface area contributed by atoms with E-state index in [9.17, 15) is 9.59 Å². The molecule has 3 rings (SSSR count). The highest BCUT2D eigenvalue weighted by Crippen LogP contribution is 2.61. The number of esters is 1. The lowest BCUT2D eigenvalue weighted by Crippen LogP contribution is -2.31. The van der Waals surface area contributed by atoms with E-state index in [1.54, 1.807) is 6.07 Å². The summed E-state index contributed by atoms with van der Waals surface area (Å²) in [6, 6.07) is 5.58. The lowest BCUT2D eigenvalue weighted by atomic mass is 9.86. The van der Waals surface area contributed by atoms with Gasteiger partial charge in [-0.3, -0.25) is 9.59 Å². The van der Waals surface area contributed by atoms with Crippen molar-refractivity contribution in [3.05, 3.63) is 29.3 Å². The van der Waals surface area contributed by atoms with Gasteiger partial charge < -0.3 is 14.8 Å². The van der Waals surface area contributed by atoms with Crippen LogP contribution >= 0.6 is 0 Å². The first-order valence-electron chi connectivity index (χ1n) is 8.23. The smallest absolute Gasteiger partial charge is 0.309 e. The summed E-state index contributed by atoms with van der Waals surface area (Å²) in [6.07, 6.45) is 1.57. The number of fused-ring (bicyclic) bond motifs is 2. The Labute approximate surface area is 136 Å². The molecular weight excluding hydrogens is 294 g/mol. The maximum atomic E-state index is 12.2. The highest BCUT2D eigenvalue weighted by Gasteiger charge is 2.62. The molecule has 1 spiro atoms. The number of hydrogen-bond acceptors (Lipinski definition) is 4. The van der Waals surface area contributed by atoms with Crippen molar-refractivity contribution in [2.24, 2.45) is 5.92 Å². The SMILES string of the molecule is CCOC(=O)[C@@H]1C[C@@]12CCOc1ccc(C(=O)NC(C)C)cc12. The first-order chi connectivity index (χ1) is 11.0. The van der Waals surface area contributed by atoms with Crippen LogP contribution < -0.4 is 10.1 Å². The summed E-state index contributed by atoms with van der Waals surface area (Å²) in [5.74, 6) is 0.423. The highest BCUT2D eigenvalue weighted by molar-refractivity contribution is 5.95. The van der Waals surface area contributed by atoms with Crippen molar-refractivity contribution in [2.75, 3.05) is 13.2 Å². The molecule has 0 unspecified atom stereocenters. The zero-order chi connectivity index (χ0) is 16.6. The minimum Gasteiger partial charge on any atom is -0.493 e. The Bertz CT molecular complexity index is 640. The molecule has 1 fully saturated rings. The Morgan fingerprint density at radius 3 is 2.91 bits per heavy atom. The molecule has 1 aliphatic carbocycles. The molecule has 1 aliphatic heterocycles. The van der Waals surface area contributed by atoms with Crippen LogP contribution in [-0.2, 0) is 14.9 Å². The third-order valence-corrected chi connectivity index (χ3v) is 4.65. The van der Waals surface area contributed by atoms with Gasteiger partial charge in [-0.2, -0.15) is 0 Å². The average molecular weight is 317 g/mol. The van der Waals surface area contributed by atoms with E-state index >= 15 is 0 Å². The molecule has 0 bridgehead atoms. The van der Waals surface area contributed by atoms with E-state index in [1.165, 1.54) is 0 Å². The quantitative estimate of drug-likeness (QED) is 0.866. The number of ether oxygens (including phenoxy) is 2. The molecule has 0 radical (unpaired) electrons. The van der Waals surface area contributed by atoms with E-state index in [-0.39, 0.29) is 29.3 Å². The van der Waals surface area contributed by atoms with Gasteiger partial charge in [0.2, 0.25) is 0 Å². The Balaban J connectivity index is 1.89. The summed E-state index contributed by atoms with van der Waals surface area (Å²) in [6.45, 7) is 6.67. The van der Waals surface area contributed by atoms with Gasteiger partial charge in [0.25, 0.3) is 5.91 Å². The van der Waals surface area contributed by atoms with Gasteiger partial charge in [-0.1, -0.05) is 0 Å². The molecule has 1 saturated carbocycles. The summed E-state index contributed by atoms with van der Waals surface area (Å²) in [4.78, 5) is 24.4. The molecule has 0 saturated heterocycles. The first kappa shape index (κ1) is 15.8. The summed E-state index contributed by atoms with van der Waals surface area (Å²) in [5, 5.41) is 2.90. The molecule has 1 aromatic carbocycles. The number of benzene rings is 1. The molecule has 0 aromatic heterocycles. The zero-order valence-electron chi connectivity index (χ0n) is 13.8. The molecule has 1 amide bonds. The van der Waals surface area contributed by atoms with Crippen molar-refractivity contribution in [1.29, 1.82) is 0 Å². The third kappa shape index (κ3) is 2.80. The largest absolute Gasteiger partial charge is 0.493 e. The number of nitrogens with one attached hydrogen (secondary N) is 1. The van der Waals surface area contributed by atoms with Crippen molar-refractivity contribution in [3.63, 3.8) is 0 Å². The predicted octanol–water partition coefficient (Wildman–Crippen LogP) is 2.43. The second-order valence-corrected chi connectivity index (χ2v) is 6.60. The van der Waals surface area contributed by atoms with Crippen LogP contribution in [0.5, 0.6) is 5.75 Å². The minimum atomic E-state index is -0.214. The monoisotopic (exact) mass is 317 g/mol. The summed E-state index contributed by atoms with van der Waals surface area (Å²) in [5.41, 5.74) is 1.36. The van der Waals surface area contributed by atoms with Gasteiger partial charge >= 0.3 is 5.97 Å². The summed E-state index contributed by atoms with van der Waals surface area (Å²) >= 11 is 0. The normalized spacial score (nSPS) is 24.8. The summed E-state index contributed by atoms with van der Waals surface area (Å²) in [7, 11) is 0. The fraction of sp³-hybridized carbons (Fsp3) is 0.556. The maximum absolute atomic E-state index is 12.2. The van der Waals surface area contributed by atoms with Crippen LogP contribution in [0, 0.1) is 5.92 Å². The van der Waals surface area contributed by atoms with Gasteiger partial charge in [-0.25, -0.2) is 0 Å². The Morgan fingerprint density at radius 1 is 1.43 bits per heavy atom. The van der Waals surface area contributed by atoms with Crippen molar-refractivity contribution < 1.29 is 19.1 Å². The van der Waals surface area contributed by atoms with Gasteiger partial charge in [0.15, 0.2) is 0 Å². The third-order valence-electron chi connectivity index (χ3n) is 4.65. The van der Waals surface area contributed by atoms with Crippen LogP contribution in [-0.4, -0.2) is 31.1 Å². The molecule has 1 aromatic rings. The molecule has 124 valence electrons. The lowest BCUT2D eigenvalue weighted by Gasteiger charge is -2.27. The topological polar surface area (TPSA) is 64.6 Å². The second kappa shape index (κ2) is 5.87. The van der Waals surface area contributed by atoms with Gasteiger partial charge in [-0.15, -0.1) is 0 Å². The number of amides is 1. The van der Waals surface area contributed by atoms with E-state index in [2.05, 4.69) is 5.32 Å². The zero-order valence-corrected chi connectivity index (χ0v) is 13.8. The lowest BCUT2D eigenvalue weighted by molar-refractivity contribution is -0.145. The standard InChI is InChI=1S/C18H23NO4/c1-4-22-17(21)14-10-18(14)7-8-23-15-6-5-12(9-13(15)18)16(20)19-11(2)3/h5-6,9,11,14H,4,7-8,10H2,1-3H3,(H,19,20)/t14-,18+/m0/s1. The minimum absolute atomic E-state index is 0.0805. The van der Waals surface area contributed by atoms with Crippen LogP contribution in [0.25, 0.3) is 0 Å². The Kier molecular flexibility index (Phi) is 4.04. The molecule has 1 N–H and O–H groups in total. The maximum Gasteiger partial charge on any atom is 0.309 e. The summed E-state index contributed by atoms with van der Waals surface area (Å²) < 4.78 is 10.9. The highest BCUT2D eigenvalue weighted by atomic mass is 16.5. The molecule has 5 heteroatoms. The molecule has 5 nitrogen and oxygen atoms in total. The van der Waals surface area contributed by atoms with E-state index in [1.807, 2.05) is 32.9 Å². The van der Waals surface area contributed by atoms with Crippen LogP contribution in [0.3, 0.4) is 0 Å². The van der Waals surface area contributed by atoms with Crippen molar-refractivity contribution >= 4 is 11.9 Å². The van der Waals surface area contributed by atoms with E-state index in [0.29, 0.717) is 18.8 Å². The molecule has 23 heavy (non-hydrogen) atoms. The van der Waals surface area contributed by atoms with Crippen LogP contribution in [0.2, 0.25) is 0 Å². The second-order valence-electron chi connectivity index (χ2n) is 6.60. The van der Waals surface area contributed by atoms with Crippen molar-refractivity contribution in [2.45, 2.75) is 45.1 Å². The van der Waals surface area contributed by atoms with Gasteiger partial charge in [0.1, 0.15) is 5.75 Å². The molecule has 1 heterocycles. The van der Waals surface area contributed by atoms with Gasteiger partial charge in [-0.05, 0) is 51.8 Å². The van der Waals surface area contributed by atoms with Gasteiger partial charge in [0.05, 0.1) is 19.1 Å². The van der Waals surface area contributed by atoms with E-state index < -0.39 is 0 Å². The number of carbonyl (C=O) groups is 2. The Hall–Kier alpha value is -2.04. The number of rotatable bonds is 4. The average Bonchev–Trinajstić information content (AvgIpc) is 3.22. The molecule has 2 atom stereocenters. The van der Waals surface area contributed by atoms with Crippen molar-refractivity contribution in [1.82, 2.24) is 5.32 Å². The molecular formula is C18H23NO4. The fourth-order valence-corrected chi connectivity index (χ4v) is 3.44. The number of carbonyl (C=O) groups excluding carboxylic acids is 2. The van der Waals surface area contributed by atoms with Crippen LogP contribution in [0.4, 0.5) is 0 Å². The molecule has 2 aliphatic rings. The Morgan fingerprint density at radius 2 is 2.22 bits per heavy atom. The van der Waals surface area contributed by atoms with E-state index in [4.69, 9.17) is 9.47 Å². The predicted molar refractivity (Wildman–Crippen MR) is 85.6 cm³/mol. The van der Waals surface area contributed by atoms with Crippen molar-refractivity contribution in [3.8, 4) is 5.75 Å². The van der Waals surface area contributed by atoms with Crippen LogP contribution in [0.1, 0.15) is 49.5 Å². The number of hydrogen-bond donors (Lipinski definition) is 1. The van der Waals surface area contributed by atoms with Crippen LogP contribution in [0.15, 0.2) is 18.2 Å².